The van der Waals surface area contributed by atoms with E-state index in [-0.39, 0.29) is 0 Å². The zero-order chi connectivity index (χ0) is 82.9. The van der Waals surface area contributed by atoms with Crippen LogP contribution in [0.4, 0.5) is 0 Å². The third kappa shape index (κ3) is 23.0. The molecule has 2 bridgehead atoms. The zero-order valence-corrected chi connectivity index (χ0v) is 71.3. The molecule has 35 heteroatoms. The third-order valence-corrected chi connectivity index (χ3v) is 27.6. The first kappa shape index (κ1) is 91.8. The molecule has 11 aliphatic heterocycles. The van der Waals surface area contributed by atoms with Gasteiger partial charge in [0.2, 0.25) is 0 Å². The van der Waals surface area contributed by atoms with Crippen LogP contribution >= 0.6 is 34.4 Å². The molecule has 6 fully saturated rings. The number of aliphatic hydroxyl groups is 9. The number of nitrogens with two attached hydrogens (primary N) is 5. The molecule has 11 aliphatic rings. The average Bonchev–Trinajstić information content (AvgIpc) is 1.59. The molecular formula is C75H128N15O15P5. The van der Waals surface area contributed by atoms with Crippen molar-refractivity contribution in [1.82, 2.24) is 24.5 Å². The second kappa shape index (κ2) is 35.4. The Labute approximate surface area is 651 Å². The average molecular weight is 1630 g/mol. The molecule has 30 nitrogen and oxygen atoms in total. The van der Waals surface area contributed by atoms with Gasteiger partial charge >= 0.3 is 0 Å². The molecule has 0 radical (unpaired) electrons. The molecule has 0 unspecified atom stereocenters. The molecule has 19 N–H and O–H groups in total. The van der Waals surface area contributed by atoms with Crippen LogP contribution in [0.5, 0.6) is 0 Å². The number of nitrogens with zero attached hydrogens (tertiary/aromatic N) is 10. The summed E-state index contributed by atoms with van der Waals surface area (Å²) in [6.07, 6.45) is 32.2. The van der Waals surface area contributed by atoms with Crippen molar-refractivity contribution >= 4 is 95.1 Å². The Morgan fingerprint density at radius 1 is 0.436 bits per heavy atom. The third-order valence-electron chi connectivity index (χ3n) is 20.4. The number of hydrogen-bond acceptors (Lipinski definition) is 30. The second-order valence-corrected chi connectivity index (χ2v) is 55.6. The molecule has 618 valence electrons. The predicted molar refractivity (Wildman–Crippen MR) is 460 cm³/mol. The van der Waals surface area contributed by atoms with Gasteiger partial charge in [-0.3, -0.25) is 0 Å². The topological polar surface area (TPSA) is 446 Å². The van der Waals surface area contributed by atoms with Gasteiger partial charge in [-0.2, -0.15) is 0 Å². The number of hydrogen-bond donors (Lipinski definition) is 14. The van der Waals surface area contributed by atoms with Crippen LogP contribution in [0, 0.1) is 0 Å². The smallest absolute Gasteiger partial charge is 0.166 e. The van der Waals surface area contributed by atoms with E-state index >= 15 is 0 Å². The Morgan fingerprint density at radius 2 is 0.800 bits per heavy atom. The maximum absolute atomic E-state index is 10.7. The van der Waals surface area contributed by atoms with Crippen LogP contribution in [0.3, 0.4) is 0 Å². The zero-order valence-electron chi connectivity index (χ0n) is 66.9. The fraction of sp³-hybridized carbons (Fsp3) is 0.600. The fourth-order valence-electron chi connectivity index (χ4n) is 13.5. The van der Waals surface area contributed by atoms with E-state index in [9.17, 15) is 46.0 Å². The van der Waals surface area contributed by atoms with Gasteiger partial charge in [-0.15, -0.1) is 65.9 Å². The molecule has 11 rings (SSSR count). The van der Waals surface area contributed by atoms with Gasteiger partial charge in [0.05, 0.1) is 30.5 Å². The summed E-state index contributed by atoms with van der Waals surface area (Å²) < 4.78 is 35.7. The van der Waals surface area contributed by atoms with Crippen LogP contribution in [0.2, 0.25) is 0 Å². The van der Waals surface area contributed by atoms with Crippen LogP contribution in [-0.2, 0) is 28.4 Å². The summed E-state index contributed by atoms with van der Waals surface area (Å²) in [7, 11) is 0. The van der Waals surface area contributed by atoms with Crippen LogP contribution in [-0.4, -0.2) is 356 Å². The Morgan fingerprint density at radius 3 is 1.19 bits per heavy atom. The lowest BCUT2D eigenvalue weighted by atomic mass is 9.94. The van der Waals surface area contributed by atoms with E-state index in [0.717, 1.165) is 42.8 Å². The van der Waals surface area contributed by atoms with Gasteiger partial charge in [0, 0.05) is 36.6 Å². The Balaban J connectivity index is 0.000000191. The van der Waals surface area contributed by atoms with Gasteiger partial charge in [-0.25, -0.2) is 25.0 Å². The van der Waals surface area contributed by atoms with E-state index in [1.165, 1.54) is 0 Å². The number of aliphatic hydroxyl groups excluding tert-OH is 7. The van der Waals surface area contributed by atoms with E-state index in [1.807, 2.05) is 13.8 Å². The monoisotopic (exact) mass is 1630 g/mol. The summed E-state index contributed by atoms with van der Waals surface area (Å²) in [5.41, 5.74) is 24.7. The Hall–Kier alpha value is -5.35. The highest BCUT2D eigenvalue weighted by atomic mass is 31.2. The lowest BCUT2D eigenvalue weighted by Gasteiger charge is -2.37. The normalized spacial score (nSPS) is 35.7. The van der Waals surface area contributed by atoms with E-state index in [4.69, 9.17) is 57.1 Å². The van der Waals surface area contributed by atoms with Crippen molar-refractivity contribution in [1.29, 1.82) is 0 Å². The maximum atomic E-state index is 10.7. The summed E-state index contributed by atoms with van der Waals surface area (Å²) in [5, 5.41) is 94.2. The van der Waals surface area contributed by atoms with E-state index in [1.54, 1.807) is 93.7 Å². The SMILES string of the molecule is C=C1N=C(N)C(C)=CN1[C@@H]1O[C@H](CCP(=C)(C)C)[C@@H](O)[C@H]1O.C=C1N=C(N)C=CN1[C@@H]1O[C@@]2(CCP(=C)(C)C)CO[C@@H]1[C@@H]2O.C=C1N=C(N)C=CN1[C@@H]1O[C@H](CCP(=C)(C)C)[C@@H](O)[C@@]1(C)O.C=C1N=C(N)C=CN1[C@@H]1O[C@H](CCP(=C)(C)C)[C@@H](O)[C@]1(C)O.C=C1N=C(N)C=CN1[C@@H]1O[C@](C)(CCP(=C)(C)C)[C@@H](O)[C@H]1O. The highest BCUT2D eigenvalue weighted by Gasteiger charge is 2.63. The molecule has 0 aromatic heterocycles. The molecular weight excluding hydrogens is 1510 g/mol. The molecule has 6 saturated heterocycles. The largest absolute Gasteiger partial charge is 0.388 e. The fourth-order valence-corrected chi connectivity index (χ4v) is 18.4. The van der Waals surface area contributed by atoms with Crippen molar-refractivity contribution in [3.05, 3.63) is 123 Å². The molecule has 20 atom stereocenters. The minimum absolute atomic E-state index is 0.347. The number of aliphatic imine (C=N–C) groups is 5. The molecule has 0 aromatic rings. The highest BCUT2D eigenvalue weighted by Crippen LogP contribution is 2.50. The Bertz CT molecular complexity index is 3880. The number of fused-ring (bicyclic) bond motifs is 2. The molecule has 11 heterocycles. The van der Waals surface area contributed by atoms with Crippen LogP contribution in [0.25, 0.3) is 0 Å². The predicted octanol–water partition coefficient (Wildman–Crippen LogP) is 2.92. The van der Waals surface area contributed by atoms with Crippen LogP contribution in [0.15, 0.2) is 148 Å². The highest BCUT2D eigenvalue weighted by molar-refractivity contribution is 7.73. The van der Waals surface area contributed by atoms with Gasteiger partial charge in [0.1, 0.15) is 124 Å². The van der Waals surface area contributed by atoms with Crippen LogP contribution < -0.4 is 28.7 Å². The first-order chi connectivity index (χ1) is 50.4. The van der Waals surface area contributed by atoms with E-state index < -0.39 is 155 Å². The van der Waals surface area contributed by atoms with E-state index in [2.05, 4.69) is 156 Å². The molecule has 0 saturated carbocycles. The van der Waals surface area contributed by atoms with Gasteiger partial charge in [-0.05, 0) is 182 Å². The van der Waals surface area contributed by atoms with E-state index in [0.29, 0.717) is 90.6 Å². The van der Waals surface area contributed by atoms with Crippen molar-refractivity contribution in [3.8, 4) is 0 Å². The molecule has 0 aromatic carbocycles. The van der Waals surface area contributed by atoms with Gasteiger partial charge in [0.15, 0.2) is 31.1 Å². The number of ether oxygens (including phenoxy) is 6. The first-order valence-electron chi connectivity index (χ1n) is 36.4. The maximum Gasteiger partial charge on any atom is 0.166 e. The summed E-state index contributed by atoms with van der Waals surface area (Å²) in [5.74, 6) is 3.87. The standard InChI is InChI=1S/C15H24N3O3P.4C15H26N3O3P/c1-10-17-11(16)5-7-18(10)14-12-13(19)15(21-14,9-20-12)6-8-22(2,3)4;2*1-10-17-12(16)6-8-18(10)14-15(2,20)13(19)11(21-14)7-9-22(3,4)5;1-10-17-11(16)6-8-18(10)14-12(19)13(20)15(2,21-14)7-9-22(3,4)5;1-9-8-18(10(2)17-14(9)16)15-13(20)12(19)11(21-15)6-7-22(3,4)5/h5,7,12-14,19H,1-2,6,8-9H2,3-4H3,(H2,16,17);2*6,8,11,13-14,19-20H,1,3,7,9H2,2,4-5H3,(H2,16,17);6,8,12-14,19-20H,1,3,7,9H2,2,4-5H3,(H2,16,17);8,11-13,15,19-20H,2-3,6-7H2,1,4-5H3,(H2,16,17)/t12-,13+,14-,15+;11-,13-,14-,15+;11-,13-,14-,15-;12-,13+,14-,15-;11-,12-,13-,15-/m11111/s1. The summed E-state index contributed by atoms with van der Waals surface area (Å²) in [6, 6.07) is 0. The molecule has 0 aliphatic carbocycles. The molecule has 110 heavy (non-hydrogen) atoms. The van der Waals surface area contributed by atoms with Crippen molar-refractivity contribution < 1.29 is 74.4 Å². The minimum Gasteiger partial charge on any atom is -0.388 e. The van der Waals surface area contributed by atoms with Gasteiger partial charge in [0.25, 0.3) is 0 Å². The van der Waals surface area contributed by atoms with Crippen molar-refractivity contribution in [2.75, 3.05) is 104 Å². The summed E-state index contributed by atoms with van der Waals surface area (Å²) >= 11 is 0. The first-order valence-corrected chi connectivity index (χ1v) is 51.7. The number of rotatable bonds is 20. The molecule has 0 amide bonds. The molecule has 0 spiro atoms. The van der Waals surface area contributed by atoms with Crippen molar-refractivity contribution in [2.24, 2.45) is 53.6 Å². The summed E-state index contributed by atoms with van der Waals surface area (Å²) in [4.78, 5) is 28.7. The number of amidine groups is 5. The lowest BCUT2D eigenvalue weighted by molar-refractivity contribution is -0.181. The Kier molecular flexibility index (Phi) is 29.6. The van der Waals surface area contributed by atoms with Gasteiger partial charge < -0.3 is 128 Å². The van der Waals surface area contributed by atoms with Crippen molar-refractivity contribution in [3.63, 3.8) is 0 Å². The van der Waals surface area contributed by atoms with Crippen molar-refractivity contribution in [2.45, 2.75) is 180 Å². The van der Waals surface area contributed by atoms with Gasteiger partial charge in [-0.1, -0.05) is 32.9 Å². The minimum atomic E-state index is -1.43. The quantitative estimate of drug-likeness (QED) is 0.0779. The summed E-state index contributed by atoms with van der Waals surface area (Å²) in [6.45, 7) is 41.8. The lowest BCUT2D eigenvalue weighted by Crippen LogP contribution is -2.51. The second-order valence-electron chi connectivity index (χ2n) is 34.0. The van der Waals surface area contributed by atoms with Crippen LogP contribution in [0.1, 0.15) is 59.8 Å².